The third-order valence-corrected chi connectivity index (χ3v) is 8.38. The number of amides is 1. The lowest BCUT2D eigenvalue weighted by Crippen LogP contribution is -2.51. The average Bonchev–Trinajstić information content (AvgIpc) is 3.58. The summed E-state index contributed by atoms with van der Waals surface area (Å²) in [6.45, 7) is 3.77. The van der Waals surface area contributed by atoms with E-state index in [0.29, 0.717) is 11.1 Å². The number of thiazole rings is 1. The van der Waals surface area contributed by atoms with Crippen LogP contribution in [-0.4, -0.2) is 59.1 Å². The molecule has 0 bridgehead atoms. The first-order chi connectivity index (χ1) is 18.2. The number of ether oxygens (including phenoxy) is 1. The molecule has 2 unspecified atom stereocenters. The zero-order valence-corrected chi connectivity index (χ0v) is 22.7. The monoisotopic (exact) mass is 558 g/mol. The number of alkyl carbamates (subject to hydrolysis) is 1. The lowest BCUT2D eigenvalue weighted by Gasteiger charge is -2.30. The Balaban J connectivity index is 1.54. The van der Waals surface area contributed by atoms with Crippen molar-refractivity contribution >= 4 is 38.6 Å². The lowest BCUT2D eigenvalue weighted by atomic mass is 10.0. The Hall–Kier alpha value is -3.32. The second-order valence-corrected chi connectivity index (χ2v) is 12.2. The third-order valence-electron chi connectivity index (χ3n) is 5.80. The number of rotatable bonds is 12. The van der Waals surface area contributed by atoms with Gasteiger partial charge in [0, 0.05) is 25.4 Å². The maximum absolute atomic E-state index is 13.6. The summed E-state index contributed by atoms with van der Waals surface area (Å²) in [5, 5.41) is 14.0. The highest BCUT2D eigenvalue weighted by Gasteiger charge is 2.32. The molecule has 1 amide bonds. The van der Waals surface area contributed by atoms with E-state index >= 15 is 0 Å². The fraction of sp³-hybridized carbons (Fsp3) is 0.346. The standard InChI is InChI=1S/C26H30N4O6S2/c1-18(2)13-30(38(33,34)21-8-9-22-25(11-21)36-16-28-22)14-24(31)23(10-19-6-4-3-5-7-19)29-26(32)35-15-20-12-27-17-37-20/h3-9,11-12,16-18,23-24,31H,10,13-15H2,1-2H3,(H,29,32). The van der Waals surface area contributed by atoms with Crippen LogP contribution in [-0.2, 0) is 27.8 Å². The van der Waals surface area contributed by atoms with Crippen LogP contribution >= 0.6 is 11.3 Å². The van der Waals surface area contributed by atoms with E-state index in [4.69, 9.17) is 9.15 Å². The van der Waals surface area contributed by atoms with Crippen LogP contribution in [0.2, 0.25) is 0 Å². The topological polar surface area (TPSA) is 135 Å². The smallest absolute Gasteiger partial charge is 0.407 e. The van der Waals surface area contributed by atoms with E-state index in [-0.39, 0.29) is 36.9 Å². The zero-order valence-electron chi connectivity index (χ0n) is 21.1. The zero-order chi connectivity index (χ0) is 27.1. The lowest BCUT2D eigenvalue weighted by molar-refractivity contribution is 0.0876. The van der Waals surface area contributed by atoms with Gasteiger partial charge in [0.25, 0.3) is 0 Å². The molecule has 0 spiro atoms. The molecule has 2 atom stereocenters. The largest absolute Gasteiger partial charge is 0.444 e. The number of aromatic nitrogens is 2. The molecule has 2 aromatic heterocycles. The van der Waals surface area contributed by atoms with E-state index < -0.39 is 28.3 Å². The van der Waals surface area contributed by atoms with Crippen LogP contribution in [0.25, 0.3) is 11.1 Å². The van der Waals surface area contributed by atoms with Gasteiger partial charge >= 0.3 is 6.09 Å². The van der Waals surface area contributed by atoms with Crippen LogP contribution in [0, 0.1) is 5.92 Å². The summed E-state index contributed by atoms with van der Waals surface area (Å²) in [5.74, 6) is -0.0177. The Labute approximate surface area is 225 Å². The number of carbonyl (C=O) groups is 1. The summed E-state index contributed by atoms with van der Waals surface area (Å²) < 4.78 is 39.1. The van der Waals surface area contributed by atoms with Gasteiger partial charge in [0.15, 0.2) is 12.0 Å². The predicted octanol–water partition coefficient (Wildman–Crippen LogP) is 3.83. The number of fused-ring (bicyclic) bond motifs is 1. The van der Waals surface area contributed by atoms with Crippen LogP contribution in [0.15, 0.2) is 75.9 Å². The van der Waals surface area contributed by atoms with Crippen molar-refractivity contribution in [1.82, 2.24) is 19.6 Å². The number of hydrogen-bond donors (Lipinski definition) is 2. The molecule has 4 rings (SSSR count). The molecule has 0 aliphatic rings. The number of aliphatic hydroxyl groups excluding tert-OH is 1. The predicted molar refractivity (Wildman–Crippen MR) is 143 cm³/mol. The Morgan fingerprint density at radius 1 is 1.18 bits per heavy atom. The van der Waals surface area contributed by atoms with Crippen LogP contribution < -0.4 is 5.32 Å². The SMILES string of the molecule is CC(C)CN(CC(O)C(Cc1ccccc1)NC(=O)OCc1cncs1)S(=O)(=O)c1ccc2ncoc2c1. The molecule has 0 aliphatic carbocycles. The minimum Gasteiger partial charge on any atom is -0.444 e. The highest BCUT2D eigenvalue weighted by atomic mass is 32.2. The number of oxazole rings is 1. The molecule has 12 heteroatoms. The summed E-state index contributed by atoms with van der Waals surface area (Å²) >= 11 is 1.36. The fourth-order valence-electron chi connectivity index (χ4n) is 3.95. The number of carbonyl (C=O) groups excluding carboxylic acids is 1. The van der Waals surface area contributed by atoms with Crippen molar-refractivity contribution in [2.75, 3.05) is 13.1 Å². The van der Waals surface area contributed by atoms with Crippen LogP contribution in [0.4, 0.5) is 4.79 Å². The normalized spacial score (nSPS) is 13.6. The number of benzene rings is 2. The van der Waals surface area contributed by atoms with Gasteiger partial charge in [-0.25, -0.2) is 18.2 Å². The summed E-state index contributed by atoms with van der Waals surface area (Å²) in [6, 6.07) is 13.0. The van der Waals surface area contributed by atoms with Gasteiger partial charge in [-0.2, -0.15) is 4.31 Å². The van der Waals surface area contributed by atoms with Gasteiger partial charge in [-0.05, 0) is 30.0 Å². The van der Waals surface area contributed by atoms with Crippen molar-refractivity contribution in [3.8, 4) is 0 Å². The first-order valence-electron chi connectivity index (χ1n) is 12.1. The maximum atomic E-state index is 13.6. The van der Waals surface area contributed by atoms with Gasteiger partial charge in [0.1, 0.15) is 12.1 Å². The van der Waals surface area contributed by atoms with Gasteiger partial charge < -0.3 is 19.6 Å². The number of sulfonamides is 1. The molecular weight excluding hydrogens is 528 g/mol. The highest BCUT2D eigenvalue weighted by Crippen LogP contribution is 2.23. The van der Waals surface area contributed by atoms with Crippen LogP contribution in [0.5, 0.6) is 0 Å². The first kappa shape index (κ1) is 27.7. The number of hydrogen-bond acceptors (Lipinski definition) is 9. The molecule has 2 aromatic carbocycles. The van der Waals surface area contributed by atoms with E-state index in [1.54, 1.807) is 17.8 Å². The van der Waals surface area contributed by atoms with Crippen LogP contribution in [0.1, 0.15) is 24.3 Å². The molecule has 0 aliphatic heterocycles. The third kappa shape index (κ3) is 7.16. The fourth-order valence-corrected chi connectivity index (χ4v) is 6.10. The molecule has 0 radical (unpaired) electrons. The van der Waals surface area contributed by atoms with Gasteiger partial charge in [0.05, 0.1) is 27.4 Å². The van der Waals surface area contributed by atoms with Crippen molar-refractivity contribution in [3.63, 3.8) is 0 Å². The van der Waals surface area contributed by atoms with E-state index in [2.05, 4.69) is 15.3 Å². The Morgan fingerprint density at radius 2 is 1.97 bits per heavy atom. The van der Waals surface area contributed by atoms with Crippen LogP contribution in [0.3, 0.4) is 0 Å². The quantitative estimate of drug-likeness (QED) is 0.268. The number of aliphatic hydroxyl groups is 1. The Kier molecular flexibility index (Phi) is 9.10. The Morgan fingerprint density at radius 3 is 2.68 bits per heavy atom. The highest BCUT2D eigenvalue weighted by molar-refractivity contribution is 7.89. The molecule has 38 heavy (non-hydrogen) atoms. The summed E-state index contributed by atoms with van der Waals surface area (Å²) in [7, 11) is -4.00. The van der Waals surface area contributed by atoms with E-state index in [1.807, 2.05) is 44.2 Å². The Bertz CT molecular complexity index is 1420. The number of nitrogens with zero attached hydrogens (tertiary/aromatic N) is 3. The summed E-state index contributed by atoms with van der Waals surface area (Å²) in [5.41, 5.74) is 3.41. The van der Waals surface area contributed by atoms with E-state index in [1.165, 1.54) is 34.2 Å². The second kappa shape index (κ2) is 12.5. The van der Waals surface area contributed by atoms with E-state index in [0.717, 1.165) is 10.4 Å². The van der Waals surface area contributed by atoms with Gasteiger partial charge in [0.2, 0.25) is 10.0 Å². The molecule has 2 heterocycles. The van der Waals surface area contributed by atoms with Crippen molar-refractivity contribution in [1.29, 1.82) is 0 Å². The van der Waals surface area contributed by atoms with Gasteiger partial charge in [-0.15, -0.1) is 11.3 Å². The van der Waals surface area contributed by atoms with Crippen molar-refractivity contribution in [2.45, 2.75) is 43.9 Å². The minimum absolute atomic E-state index is 0.0177. The van der Waals surface area contributed by atoms with Crippen molar-refractivity contribution < 1.29 is 27.5 Å². The maximum Gasteiger partial charge on any atom is 0.407 e. The molecule has 0 fully saturated rings. The van der Waals surface area contributed by atoms with Crippen molar-refractivity contribution in [3.05, 3.63) is 77.1 Å². The molecule has 202 valence electrons. The molecule has 0 saturated heterocycles. The molecule has 0 saturated carbocycles. The average molecular weight is 559 g/mol. The number of nitrogens with one attached hydrogen (secondary N) is 1. The van der Waals surface area contributed by atoms with Gasteiger partial charge in [-0.1, -0.05) is 44.2 Å². The molecule has 4 aromatic rings. The molecule has 2 N–H and O–H groups in total. The first-order valence-corrected chi connectivity index (χ1v) is 14.4. The minimum atomic E-state index is -4.00. The molecule has 10 nitrogen and oxygen atoms in total. The summed E-state index contributed by atoms with van der Waals surface area (Å²) in [4.78, 5) is 21.4. The van der Waals surface area contributed by atoms with Crippen molar-refractivity contribution in [2.24, 2.45) is 5.92 Å². The summed E-state index contributed by atoms with van der Waals surface area (Å²) in [6.07, 6.45) is 1.20. The second-order valence-electron chi connectivity index (χ2n) is 9.25. The molecular formula is C26H30N4O6S2. The van der Waals surface area contributed by atoms with Gasteiger partial charge in [-0.3, -0.25) is 4.98 Å². The van der Waals surface area contributed by atoms with E-state index in [9.17, 15) is 18.3 Å².